The standard InChI is InChI=1S/C20H30O2/c1-6-7-8-9-10-11-12-13-14-15-16(2)17(3)18(4)19(5)20(21)22/h6-7,10-11,14-15H,8-9,12-13H2,1-5H3,(H,21,22). The number of carboxylic acid groups (broad SMARTS) is 1. The van der Waals surface area contributed by atoms with Gasteiger partial charge in [-0.15, -0.1) is 0 Å². The number of aliphatic carboxylic acids is 1. The average molecular weight is 302 g/mol. The molecule has 0 spiro atoms. The summed E-state index contributed by atoms with van der Waals surface area (Å²) in [4.78, 5) is 11.0. The molecule has 0 aliphatic rings. The van der Waals surface area contributed by atoms with Gasteiger partial charge in [0.25, 0.3) is 0 Å². The first-order valence-corrected chi connectivity index (χ1v) is 7.93. The molecule has 0 amide bonds. The molecule has 22 heavy (non-hydrogen) atoms. The highest BCUT2D eigenvalue weighted by Gasteiger charge is 2.07. The maximum Gasteiger partial charge on any atom is 0.331 e. The van der Waals surface area contributed by atoms with Crippen LogP contribution in [0.1, 0.15) is 60.3 Å². The first kappa shape index (κ1) is 20.2. The van der Waals surface area contributed by atoms with Crippen LogP contribution >= 0.6 is 0 Å². The maximum atomic E-state index is 11.0. The second-order valence-electron chi connectivity index (χ2n) is 5.46. The normalized spacial score (nSPS) is 14.8. The smallest absolute Gasteiger partial charge is 0.331 e. The van der Waals surface area contributed by atoms with Crippen LogP contribution in [0.15, 0.2) is 58.7 Å². The van der Waals surface area contributed by atoms with Crippen LogP contribution in [0.3, 0.4) is 0 Å². The van der Waals surface area contributed by atoms with E-state index in [0.29, 0.717) is 5.57 Å². The molecule has 0 aliphatic heterocycles. The summed E-state index contributed by atoms with van der Waals surface area (Å²) in [6, 6.07) is 0. The Morgan fingerprint density at radius 1 is 0.773 bits per heavy atom. The summed E-state index contributed by atoms with van der Waals surface area (Å²) in [5, 5.41) is 9.02. The minimum atomic E-state index is -0.850. The van der Waals surface area contributed by atoms with E-state index in [1.165, 1.54) is 0 Å². The van der Waals surface area contributed by atoms with Gasteiger partial charge in [-0.05, 0) is 77.0 Å². The minimum Gasteiger partial charge on any atom is -0.478 e. The zero-order chi connectivity index (χ0) is 17.0. The van der Waals surface area contributed by atoms with Crippen molar-refractivity contribution in [1.29, 1.82) is 0 Å². The van der Waals surface area contributed by atoms with Crippen molar-refractivity contribution < 1.29 is 9.90 Å². The Bertz CT molecular complexity index is 500. The van der Waals surface area contributed by atoms with Crippen molar-refractivity contribution >= 4 is 5.97 Å². The minimum absolute atomic E-state index is 0.411. The number of unbranched alkanes of at least 4 members (excludes halogenated alkanes) is 2. The van der Waals surface area contributed by atoms with E-state index in [-0.39, 0.29) is 0 Å². The lowest BCUT2D eigenvalue weighted by molar-refractivity contribution is -0.132. The molecular formula is C20H30O2. The molecule has 2 heteroatoms. The molecule has 0 fully saturated rings. The molecule has 0 heterocycles. The fourth-order valence-corrected chi connectivity index (χ4v) is 1.91. The summed E-state index contributed by atoms with van der Waals surface area (Å²) < 4.78 is 0. The van der Waals surface area contributed by atoms with Crippen molar-refractivity contribution in [2.24, 2.45) is 0 Å². The number of allylic oxidation sites excluding steroid dienone is 9. The van der Waals surface area contributed by atoms with Crippen LogP contribution in [0.4, 0.5) is 0 Å². The van der Waals surface area contributed by atoms with E-state index >= 15 is 0 Å². The fourth-order valence-electron chi connectivity index (χ4n) is 1.91. The Labute approximate surface area is 135 Å². The van der Waals surface area contributed by atoms with Crippen LogP contribution in [-0.2, 0) is 4.79 Å². The fraction of sp³-hybridized carbons (Fsp3) is 0.450. The van der Waals surface area contributed by atoms with Crippen LogP contribution < -0.4 is 0 Å². The summed E-state index contributed by atoms with van der Waals surface area (Å²) in [6.45, 7) is 9.56. The van der Waals surface area contributed by atoms with Crippen LogP contribution in [-0.4, -0.2) is 11.1 Å². The summed E-state index contributed by atoms with van der Waals surface area (Å²) >= 11 is 0. The zero-order valence-electron chi connectivity index (χ0n) is 14.6. The number of rotatable bonds is 9. The van der Waals surface area contributed by atoms with Crippen molar-refractivity contribution in [2.75, 3.05) is 0 Å². The predicted octanol–water partition coefficient (Wildman–Crippen LogP) is 5.99. The van der Waals surface area contributed by atoms with E-state index in [1.54, 1.807) is 6.92 Å². The Balaban J connectivity index is 4.41. The van der Waals surface area contributed by atoms with Crippen molar-refractivity contribution in [3.05, 3.63) is 58.7 Å². The zero-order valence-corrected chi connectivity index (χ0v) is 14.6. The van der Waals surface area contributed by atoms with Gasteiger partial charge in [0.05, 0.1) is 0 Å². The predicted molar refractivity (Wildman–Crippen MR) is 95.9 cm³/mol. The SMILES string of the molecule is CC=CCCC=CCCC=CC(C)=C(C)C(C)=C(C)C(=O)O. The third-order valence-corrected chi connectivity index (χ3v) is 3.81. The van der Waals surface area contributed by atoms with E-state index in [0.717, 1.165) is 42.4 Å². The van der Waals surface area contributed by atoms with Gasteiger partial charge in [0.2, 0.25) is 0 Å². The Morgan fingerprint density at radius 2 is 1.27 bits per heavy atom. The summed E-state index contributed by atoms with van der Waals surface area (Å²) in [7, 11) is 0. The molecule has 122 valence electrons. The molecule has 2 nitrogen and oxygen atoms in total. The van der Waals surface area contributed by atoms with Gasteiger partial charge in [0.15, 0.2) is 0 Å². The summed E-state index contributed by atoms with van der Waals surface area (Å²) in [6.07, 6.45) is 17.2. The van der Waals surface area contributed by atoms with Gasteiger partial charge in [-0.3, -0.25) is 0 Å². The molecular weight excluding hydrogens is 272 g/mol. The van der Waals surface area contributed by atoms with E-state index in [4.69, 9.17) is 5.11 Å². The van der Waals surface area contributed by atoms with Gasteiger partial charge < -0.3 is 5.11 Å². The van der Waals surface area contributed by atoms with E-state index < -0.39 is 5.97 Å². The third kappa shape index (κ3) is 8.46. The quantitative estimate of drug-likeness (QED) is 0.246. The summed E-state index contributed by atoms with van der Waals surface area (Å²) in [5.74, 6) is -0.850. The second-order valence-corrected chi connectivity index (χ2v) is 5.46. The molecule has 0 aromatic rings. The van der Waals surface area contributed by atoms with Crippen molar-refractivity contribution in [3.8, 4) is 0 Å². The molecule has 0 radical (unpaired) electrons. The van der Waals surface area contributed by atoms with Gasteiger partial charge in [-0.25, -0.2) is 4.79 Å². The molecule has 0 saturated carbocycles. The lowest BCUT2D eigenvalue weighted by Crippen LogP contribution is -2.00. The number of hydrogen-bond donors (Lipinski definition) is 1. The first-order chi connectivity index (χ1) is 10.4. The third-order valence-electron chi connectivity index (χ3n) is 3.81. The Morgan fingerprint density at radius 3 is 1.77 bits per heavy atom. The molecule has 0 bridgehead atoms. The largest absolute Gasteiger partial charge is 0.478 e. The van der Waals surface area contributed by atoms with Crippen LogP contribution in [0.2, 0.25) is 0 Å². The lowest BCUT2D eigenvalue weighted by Gasteiger charge is -2.07. The monoisotopic (exact) mass is 302 g/mol. The van der Waals surface area contributed by atoms with Crippen molar-refractivity contribution in [2.45, 2.75) is 60.3 Å². The van der Waals surface area contributed by atoms with E-state index in [9.17, 15) is 4.79 Å². The first-order valence-electron chi connectivity index (χ1n) is 7.93. The number of carboxylic acids is 1. The molecule has 0 unspecified atom stereocenters. The molecule has 1 N–H and O–H groups in total. The summed E-state index contributed by atoms with van der Waals surface area (Å²) in [5.41, 5.74) is 3.42. The highest BCUT2D eigenvalue weighted by molar-refractivity contribution is 5.87. The molecule has 0 atom stereocenters. The molecule has 0 aromatic heterocycles. The van der Waals surface area contributed by atoms with E-state index in [1.807, 2.05) is 27.7 Å². The van der Waals surface area contributed by atoms with Crippen LogP contribution in [0, 0.1) is 0 Å². The van der Waals surface area contributed by atoms with Crippen LogP contribution in [0.25, 0.3) is 0 Å². The molecule has 0 aliphatic carbocycles. The molecule has 0 rings (SSSR count). The Kier molecular flexibility index (Phi) is 10.8. The van der Waals surface area contributed by atoms with Gasteiger partial charge >= 0.3 is 5.97 Å². The number of hydrogen-bond acceptors (Lipinski definition) is 1. The van der Waals surface area contributed by atoms with E-state index in [2.05, 4.69) is 36.5 Å². The lowest BCUT2D eigenvalue weighted by atomic mass is 9.99. The second kappa shape index (κ2) is 11.8. The Hall–Kier alpha value is -1.83. The van der Waals surface area contributed by atoms with Gasteiger partial charge in [-0.2, -0.15) is 0 Å². The average Bonchev–Trinajstić information content (AvgIpc) is 2.50. The topological polar surface area (TPSA) is 37.3 Å². The highest BCUT2D eigenvalue weighted by Crippen LogP contribution is 2.18. The molecule has 0 saturated heterocycles. The van der Waals surface area contributed by atoms with Crippen molar-refractivity contribution in [3.63, 3.8) is 0 Å². The van der Waals surface area contributed by atoms with Crippen LogP contribution in [0.5, 0.6) is 0 Å². The maximum absolute atomic E-state index is 11.0. The van der Waals surface area contributed by atoms with Gasteiger partial charge in [0.1, 0.15) is 0 Å². The highest BCUT2D eigenvalue weighted by atomic mass is 16.4. The van der Waals surface area contributed by atoms with Gasteiger partial charge in [0, 0.05) is 5.57 Å². The van der Waals surface area contributed by atoms with Crippen molar-refractivity contribution in [1.82, 2.24) is 0 Å². The number of carbonyl (C=O) groups is 1. The molecule has 0 aromatic carbocycles. The van der Waals surface area contributed by atoms with Gasteiger partial charge in [-0.1, -0.05) is 36.5 Å².